The molecule has 94 valence electrons. The Labute approximate surface area is 104 Å². The summed E-state index contributed by atoms with van der Waals surface area (Å²) in [4.78, 5) is 12.0. The molecule has 0 aromatic heterocycles. The third-order valence-corrected chi connectivity index (χ3v) is 4.06. The van der Waals surface area contributed by atoms with E-state index in [1.54, 1.807) is 0 Å². The molecule has 2 saturated carbocycles. The quantitative estimate of drug-likeness (QED) is 0.783. The van der Waals surface area contributed by atoms with Crippen molar-refractivity contribution < 1.29 is 4.79 Å². The molecule has 0 radical (unpaired) electrons. The lowest BCUT2D eigenvalue weighted by Gasteiger charge is -2.39. The molecule has 4 heteroatoms. The highest BCUT2D eigenvalue weighted by Gasteiger charge is 2.40. The number of halogens is 1. The van der Waals surface area contributed by atoms with Crippen molar-refractivity contribution in [2.24, 2.45) is 11.1 Å². The standard InChI is InChI=1S/C12H22N2O.ClH/c1-12(6-3-7-12)11(15)14-10-5-2-4-9(13)8-10;/h9-10H,2-8,13H2,1H3,(H,14,15);1H. The van der Waals surface area contributed by atoms with Crippen LogP contribution in [0.3, 0.4) is 0 Å². The number of nitrogens with one attached hydrogen (secondary N) is 1. The van der Waals surface area contributed by atoms with Crippen LogP contribution in [0.15, 0.2) is 0 Å². The van der Waals surface area contributed by atoms with E-state index in [1.165, 1.54) is 6.42 Å². The van der Waals surface area contributed by atoms with E-state index >= 15 is 0 Å². The fourth-order valence-corrected chi connectivity index (χ4v) is 2.65. The SMILES string of the molecule is CC1(C(=O)NC2CCCC(N)C2)CCC1.Cl. The molecule has 3 N–H and O–H groups in total. The third kappa shape index (κ3) is 2.89. The largest absolute Gasteiger partial charge is 0.353 e. The van der Waals surface area contributed by atoms with Crippen LogP contribution in [0.25, 0.3) is 0 Å². The summed E-state index contributed by atoms with van der Waals surface area (Å²) < 4.78 is 0. The fraction of sp³-hybridized carbons (Fsp3) is 0.917. The van der Waals surface area contributed by atoms with Crippen molar-refractivity contribution in [1.29, 1.82) is 0 Å². The molecule has 2 aliphatic carbocycles. The molecule has 0 aromatic carbocycles. The highest BCUT2D eigenvalue weighted by Crippen LogP contribution is 2.40. The van der Waals surface area contributed by atoms with Crippen LogP contribution >= 0.6 is 12.4 Å². The minimum absolute atomic E-state index is 0. The van der Waals surface area contributed by atoms with E-state index in [4.69, 9.17) is 5.73 Å². The van der Waals surface area contributed by atoms with E-state index in [9.17, 15) is 4.79 Å². The first-order chi connectivity index (χ1) is 7.10. The topological polar surface area (TPSA) is 55.1 Å². The molecule has 2 aliphatic rings. The monoisotopic (exact) mass is 246 g/mol. The predicted octanol–water partition coefficient (Wildman–Crippen LogP) is 1.98. The van der Waals surface area contributed by atoms with E-state index < -0.39 is 0 Å². The van der Waals surface area contributed by atoms with Gasteiger partial charge >= 0.3 is 0 Å². The molecule has 0 bridgehead atoms. The van der Waals surface area contributed by atoms with Crippen LogP contribution < -0.4 is 11.1 Å². The van der Waals surface area contributed by atoms with Gasteiger partial charge in [0, 0.05) is 17.5 Å². The molecule has 16 heavy (non-hydrogen) atoms. The Hall–Kier alpha value is -0.280. The minimum Gasteiger partial charge on any atom is -0.353 e. The van der Waals surface area contributed by atoms with E-state index in [-0.39, 0.29) is 23.7 Å². The molecule has 0 saturated heterocycles. The van der Waals surface area contributed by atoms with Gasteiger partial charge in [-0.15, -0.1) is 12.4 Å². The van der Waals surface area contributed by atoms with E-state index in [2.05, 4.69) is 12.2 Å². The van der Waals surface area contributed by atoms with Gasteiger partial charge in [0.25, 0.3) is 0 Å². The maximum atomic E-state index is 12.0. The van der Waals surface area contributed by atoms with E-state index in [1.807, 2.05) is 0 Å². The van der Waals surface area contributed by atoms with Crippen molar-refractivity contribution in [3.05, 3.63) is 0 Å². The van der Waals surface area contributed by atoms with Crippen molar-refractivity contribution in [2.75, 3.05) is 0 Å². The zero-order valence-corrected chi connectivity index (χ0v) is 10.8. The number of rotatable bonds is 2. The Bertz CT molecular complexity index is 253. The van der Waals surface area contributed by atoms with Crippen LogP contribution in [-0.4, -0.2) is 18.0 Å². The summed E-state index contributed by atoms with van der Waals surface area (Å²) in [7, 11) is 0. The summed E-state index contributed by atoms with van der Waals surface area (Å²) >= 11 is 0. The summed E-state index contributed by atoms with van der Waals surface area (Å²) in [5.74, 6) is 0.257. The number of amides is 1. The highest BCUT2D eigenvalue weighted by molar-refractivity contribution is 5.85. The van der Waals surface area contributed by atoms with Gasteiger partial charge in [-0.3, -0.25) is 4.79 Å². The van der Waals surface area contributed by atoms with Gasteiger partial charge in [-0.25, -0.2) is 0 Å². The summed E-state index contributed by atoms with van der Waals surface area (Å²) in [6.07, 6.45) is 7.65. The molecule has 1 amide bonds. The third-order valence-electron chi connectivity index (χ3n) is 4.06. The average molecular weight is 247 g/mol. The summed E-state index contributed by atoms with van der Waals surface area (Å²) in [6.45, 7) is 2.08. The maximum absolute atomic E-state index is 12.0. The Morgan fingerprint density at radius 3 is 2.50 bits per heavy atom. The number of carbonyl (C=O) groups is 1. The predicted molar refractivity (Wildman–Crippen MR) is 67.6 cm³/mol. The molecule has 0 aromatic rings. The maximum Gasteiger partial charge on any atom is 0.226 e. The van der Waals surface area contributed by atoms with Gasteiger partial charge < -0.3 is 11.1 Å². The van der Waals surface area contributed by atoms with Gasteiger partial charge in [0.1, 0.15) is 0 Å². The molecule has 2 unspecified atom stereocenters. The van der Waals surface area contributed by atoms with Crippen molar-refractivity contribution in [1.82, 2.24) is 5.32 Å². The average Bonchev–Trinajstić information content (AvgIpc) is 2.14. The second kappa shape index (κ2) is 5.37. The lowest BCUT2D eigenvalue weighted by Crippen LogP contribution is -2.49. The van der Waals surface area contributed by atoms with Crippen molar-refractivity contribution in [2.45, 2.75) is 64.0 Å². The van der Waals surface area contributed by atoms with Gasteiger partial charge in [-0.05, 0) is 38.5 Å². The van der Waals surface area contributed by atoms with Crippen LogP contribution in [0.2, 0.25) is 0 Å². The number of nitrogens with two attached hydrogens (primary N) is 1. The highest BCUT2D eigenvalue weighted by atomic mass is 35.5. The van der Waals surface area contributed by atoms with Crippen LogP contribution in [0.1, 0.15) is 51.9 Å². The zero-order valence-electron chi connectivity index (χ0n) is 10.00. The molecule has 0 heterocycles. The lowest BCUT2D eigenvalue weighted by molar-refractivity contribution is -0.135. The zero-order chi connectivity index (χ0) is 10.9. The van der Waals surface area contributed by atoms with Crippen LogP contribution in [0.5, 0.6) is 0 Å². The van der Waals surface area contributed by atoms with Crippen molar-refractivity contribution >= 4 is 18.3 Å². The van der Waals surface area contributed by atoms with Crippen molar-refractivity contribution in [3.63, 3.8) is 0 Å². The summed E-state index contributed by atoms with van der Waals surface area (Å²) in [6, 6.07) is 0.622. The molecule has 2 fully saturated rings. The van der Waals surface area contributed by atoms with Gasteiger partial charge in [0.05, 0.1) is 0 Å². The van der Waals surface area contributed by atoms with Gasteiger partial charge in [-0.1, -0.05) is 13.3 Å². The molecule has 0 spiro atoms. The first-order valence-electron chi connectivity index (χ1n) is 6.17. The fourth-order valence-electron chi connectivity index (χ4n) is 2.65. The number of hydrogen-bond acceptors (Lipinski definition) is 2. The molecular formula is C12H23ClN2O. The summed E-state index contributed by atoms with van der Waals surface area (Å²) in [5.41, 5.74) is 5.84. The van der Waals surface area contributed by atoms with E-state index in [0.717, 1.165) is 38.5 Å². The van der Waals surface area contributed by atoms with Gasteiger partial charge in [-0.2, -0.15) is 0 Å². The van der Waals surface area contributed by atoms with Gasteiger partial charge in [0.15, 0.2) is 0 Å². The Morgan fingerprint density at radius 2 is 2.00 bits per heavy atom. The Morgan fingerprint density at radius 1 is 1.31 bits per heavy atom. The molecule has 2 atom stereocenters. The van der Waals surface area contributed by atoms with Crippen molar-refractivity contribution in [3.8, 4) is 0 Å². The smallest absolute Gasteiger partial charge is 0.226 e. The number of carbonyl (C=O) groups excluding carboxylic acids is 1. The first kappa shape index (κ1) is 13.8. The molecular weight excluding hydrogens is 224 g/mol. The van der Waals surface area contributed by atoms with Gasteiger partial charge in [0.2, 0.25) is 5.91 Å². The normalized spacial score (nSPS) is 32.1. The second-order valence-electron chi connectivity index (χ2n) is 5.51. The minimum atomic E-state index is -0.0679. The molecule has 0 aliphatic heterocycles. The molecule has 2 rings (SSSR count). The summed E-state index contributed by atoms with van der Waals surface area (Å²) in [5, 5.41) is 3.17. The van der Waals surface area contributed by atoms with Crippen LogP contribution in [0, 0.1) is 5.41 Å². The molecule has 3 nitrogen and oxygen atoms in total. The Kier molecular flexibility index (Phi) is 4.62. The first-order valence-corrected chi connectivity index (χ1v) is 6.17. The Balaban J connectivity index is 0.00000128. The lowest BCUT2D eigenvalue weighted by atomic mass is 9.69. The van der Waals surface area contributed by atoms with Crippen LogP contribution in [0.4, 0.5) is 0 Å². The number of hydrogen-bond donors (Lipinski definition) is 2. The van der Waals surface area contributed by atoms with E-state index in [0.29, 0.717) is 12.1 Å². The van der Waals surface area contributed by atoms with Crippen LogP contribution in [-0.2, 0) is 4.79 Å². The second-order valence-corrected chi connectivity index (χ2v) is 5.51.